The molecule has 0 radical (unpaired) electrons. The van der Waals surface area contributed by atoms with Gasteiger partial charge in [0.05, 0.1) is 12.1 Å². The summed E-state index contributed by atoms with van der Waals surface area (Å²) in [5.74, 6) is -0.977. The van der Waals surface area contributed by atoms with Crippen molar-refractivity contribution in [3.05, 3.63) is 59.2 Å². The molecule has 2 N–H and O–H groups in total. The normalized spacial score (nSPS) is 15.3. The molecule has 4 rings (SSSR count). The highest BCUT2D eigenvalue weighted by Crippen LogP contribution is 2.38. The lowest BCUT2D eigenvalue weighted by Gasteiger charge is -2.12. The van der Waals surface area contributed by atoms with Gasteiger partial charge in [-0.05, 0) is 36.8 Å². The number of amides is 2. The lowest BCUT2D eigenvalue weighted by molar-refractivity contribution is -0.274. The molecule has 166 valence electrons. The van der Waals surface area contributed by atoms with Crippen molar-refractivity contribution < 1.29 is 27.5 Å². The molecule has 2 amide bonds. The first-order valence-corrected chi connectivity index (χ1v) is 9.80. The van der Waals surface area contributed by atoms with Crippen LogP contribution in [0.15, 0.2) is 48.5 Å². The number of halogens is 4. The lowest BCUT2D eigenvalue weighted by Crippen LogP contribution is -2.24. The minimum atomic E-state index is -4.85. The average molecular weight is 465 g/mol. The first-order chi connectivity index (χ1) is 15.1. The maximum absolute atomic E-state index is 12.5. The number of aromatic nitrogens is 2. The van der Waals surface area contributed by atoms with Crippen molar-refractivity contribution in [1.29, 1.82) is 0 Å². The first-order valence-electron chi connectivity index (χ1n) is 9.42. The third-order valence-corrected chi connectivity index (χ3v) is 5.04. The van der Waals surface area contributed by atoms with Crippen LogP contribution in [0.4, 0.5) is 24.7 Å². The van der Waals surface area contributed by atoms with Gasteiger partial charge in [-0.25, -0.2) is 4.68 Å². The molecule has 1 atom stereocenters. The highest BCUT2D eigenvalue weighted by Gasteiger charge is 2.36. The van der Waals surface area contributed by atoms with Crippen molar-refractivity contribution in [2.45, 2.75) is 25.7 Å². The summed E-state index contributed by atoms with van der Waals surface area (Å²) < 4.78 is 42.5. The predicted octanol–water partition coefficient (Wildman–Crippen LogP) is 4.93. The van der Waals surface area contributed by atoms with Crippen molar-refractivity contribution in [3.8, 4) is 16.9 Å². The molecule has 1 aromatic heterocycles. The summed E-state index contributed by atoms with van der Waals surface area (Å²) in [4.78, 5) is 25.0. The predicted molar refractivity (Wildman–Crippen MR) is 111 cm³/mol. The second-order valence-corrected chi connectivity index (χ2v) is 7.53. The van der Waals surface area contributed by atoms with Crippen molar-refractivity contribution in [3.63, 3.8) is 0 Å². The Bertz CT molecular complexity index is 1190. The minimum absolute atomic E-state index is 0.105. The Hall–Kier alpha value is -3.53. The molecule has 0 saturated carbocycles. The smallest absolute Gasteiger partial charge is 0.406 e. The number of carbonyl (C=O) groups is 2. The van der Waals surface area contributed by atoms with Gasteiger partial charge < -0.3 is 15.4 Å². The van der Waals surface area contributed by atoms with Gasteiger partial charge in [-0.2, -0.15) is 5.10 Å². The number of hydrogen-bond acceptors (Lipinski definition) is 4. The highest BCUT2D eigenvalue weighted by molar-refractivity contribution is 6.30. The Kier molecular flexibility index (Phi) is 5.55. The van der Waals surface area contributed by atoms with E-state index in [-0.39, 0.29) is 12.1 Å². The number of nitrogens with zero attached hydrogens (tertiary/aromatic N) is 2. The van der Waals surface area contributed by atoms with Crippen LogP contribution in [0.25, 0.3) is 11.1 Å². The Morgan fingerprint density at radius 1 is 1.25 bits per heavy atom. The number of benzene rings is 2. The van der Waals surface area contributed by atoms with Gasteiger partial charge in [0.1, 0.15) is 17.6 Å². The largest absolute Gasteiger partial charge is 0.573 e. The third kappa shape index (κ3) is 4.54. The fraction of sp³-hybridized carbons (Fsp3) is 0.190. The third-order valence-electron chi connectivity index (χ3n) is 4.79. The fourth-order valence-corrected chi connectivity index (χ4v) is 3.63. The molecule has 0 fully saturated rings. The van der Waals surface area contributed by atoms with Crippen molar-refractivity contribution in [1.82, 2.24) is 9.78 Å². The molecule has 7 nitrogen and oxygen atoms in total. The lowest BCUT2D eigenvalue weighted by atomic mass is 10.1. The Balaban J connectivity index is 1.51. The molecule has 2 aromatic carbocycles. The summed E-state index contributed by atoms with van der Waals surface area (Å²) in [5.41, 5.74) is 2.29. The number of anilines is 2. The number of hydrogen-bond donors (Lipinski definition) is 2. The first kappa shape index (κ1) is 21.7. The summed E-state index contributed by atoms with van der Waals surface area (Å²) >= 11 is 5.94. The van der Waals surface area contributed by atoms with Crippen LogP contribution in [-0.4, -0.2) is 28.0 Å². The molecule has 0 saturated heterocycles. The van der Waals surface area contributed by atoms with Crippen molar-refractivity contribution in [2.24, 2.45) is 0 Å². The summed E-state index contributed by atoms with van der Waals surface area (Å²) in [5, 5.41) is 10.2. The van der Waals surface area contributed by atoms with Gasteiger partial charge in [0.2, 0.25) is 5.91 Å². The average Bonchev–Trinajstić information content (AvgIpc) is 3.15. The summed E-state index contributed by atoms with van der Waals surface area (Å²) in [6, 6.07) is 11.0. The van der Waals surface area contributed by atoms with E-state index in [2.05, 4.69) is 20.5 Å². The zero-order valence-corrected chi connectivity index (χ0v) is 17.3. The van der Waals surface area contributed by atoms with Crippen molar-refractivity contribution in [2.75, 3.05) is 10.6 Å². The van der Waals surface area contributed by atoms with Crippen LogP contribution in [0.5, 0.6) is 5.75 Å². The molecule has 1 aliphatic heterocycles. The Morgan fingerprint density at radius 2 is 1.97 bits per heavy atom. The number of fused-ring (bicyclic) bond motifs is 1. The Morgan fingerprint density at radius 3 is 2.66 bits per heavy atom. The second kappa shape index (κ2) is 8.19. The molecule has 0 spiro atoms. The minimum Gasteiger partial charge on any atom is -0.406 e. The van der Waals surface area contributed by atoms with Crippen LogP contribution in [0.3, 0.4) is 0 Å². The number of aryl methyl sites for hydroxylation is 1. The number of ether oxygens (including phenoxy) is 1. The molecule has 3 aromatic rings. The molecule has 32 heavy (non-hydrogen) atoms. The maximum Gasteiger partial charge on any atom is 0.573 e. The van der Waals surface area contributed by atoms with Crippen LogP contribution < -0.4 is 15.4 Å². The van der Waals surface area contributed by atoms with Gasteiger partial charge in [-0.15, -0.1) is 13.2 Å². The number of carbonyl (C=O) groups excluding carboxylic acids is 2. The second-order valence-electron chi connectivity index (χ2n) is 7.09. The van der Waals surface area contributed by atoms with E-state index >= 15 is 0 Å². The van der Waals surface area contributed by atoms with E-state index in [1.54, 1.807) is 31.2 Å². The SMILES string of the molecule is Cc1nn2c(c1-c1ccc(Cl)cc1)NC(=O)C2CC(=O)Nc1cccc(OC(F)(F)F)c1. The molecular weight excluding hydrogens is 449 g/mol. The highest BCUT2D eigenvalue weighted by atomic mass is 35.5. The Labute approximate surface area is 185 Å². The van der Waals surface area contributed by atoms with Gasteiger partial charge in [0.15, 0.2) is 0 Å². The van der Waals surface area contributed by atoms with Crippen LogP contribution in [0.1, 0.15) is 18.2 Å². The van der Waals surface area contributed by atoms with Gasteiger partial charge >= 0.3 is 6.36 Å². The summed E-state index contributed by atoms with van der Waals surface area (Å²) in [6.45, 7) is 1.78. The van der Waals surface area contributed by atoms with Gasteiger partial charge in [-0.3, -0.25) is 9.59 Å². The van der Waals surface area contributed by atoms with E-state index in [1.807, 2.05) is 0 Å². The fourth-order valence-electron chi connectivity index (χ4n) is 3.50. The summed E-state index contributed by atoms with van der Waals surface area (Å²) in [6.07, 6.45) is -5.11. The van der Waals surface area contributed by atoms with Crippen LogP contribution in [-0.2, 0) is 9.59 Å². The van der Waals surface area contributed by atoms with Crippen LogP contribution >= 0.6 is 11.6 Å². The molecule has 0 aliphatic carbocycles. The standard InChI is InChI=1S/C21H16ClF3N4O3/c1-11-18(12-5-7-13(22)8-6-12)19-27-20(31)16(29(19)28-11)10-17(30)26-14-3-2-4-15(9-14)32-21(23,24)25/h2-9,16H,10H2,1H3,(H,26,30)(H,27,31). The topological polar surface area (TPSA) is 85.2 Å². The van der Waals surface area contributed by atoms with E-state index in [1.165, 1.54) is 16.8 Å². The molecule has 1 aliphatic rings. The van der Waals surface area contributed by atoms with Crippen LogP contribution in [0, 0.1) is 6.92 Å². The van der Waals surface area contributed by atoms with E-state index in [4.69, 9.17) is 11.6 Å². The zero-order chi connectivity index (χ0) is 23.0. The summed E-state index contributed by atoms with van der Waals surface area (Å²) in [7, 11) is 0. The van der Waals surface area contributed by atoms with Gasteiger partial charge in [0, 0.05) is 22.3 Å². The number of nitrogens with one attached hydrogen (secondary N) is 2. The maximum atomic E-state index is 12.5. The van der Waals surface area contributed by atoms with Crippen molar-refractivity contribution >= 4 is 34.9 Å². The van der Waals surface area contributed by atoms with Gasteiger partial charge in [-0.1, -0.05) is 29.8 Å². The monoisotopic (exact) mass is 464 g/mol. The zero-order valence-electron chi connectivity index (χ0n) is 16.5. The molecule has 0 bridgehead atoms. The molecular formula is C21H16ClF3N4O3. The number of rotatable bonds is 5. The molecule has 1 unspecified atom stereocenters. The number of alkyl halides is 3. The molecule has 2 heterocycles. The quantitative estimate of drug-likeness (QED) is 0.560. The van der Waals surface area contributed by atoms with E-state index < -0.39 is 30.0 Å². The molecule has 11 heteroatoms. The van der Waals surface area contributed by atoms with E-state index in [0.717, 1.165) is 23.3 Å². The van der Waals surface area contributed by atoms with Crippen LogP contribution in [0.2, 0.25) is 5.02 Å². The van der Waals surface area contributed by atoms with Gasteiger partial charge in [0.25, 0.3) is 5.91 Å². The van der Waals surface area contributed by atoms with E-state index in [9.17, 15) is 22.8 Å². The van der Waals surface area contributed by atoms with E-state index in [0.29, 0.717) is 16.5 Å².